The Morgan fingerprint density at radius 3 is 2.79 bits per heavy atom. The van der Waals surface area contributed by atoms with Crippen LogP contribution in [0.3, 0.4) is 0 Å². The standard InChI is InChI=1S/C12H20N4O3/c1-3-15(7-8-19-2)9-10-5-4-6-11(16(17)18)12(10)14-13/h4-6,14H,3,7-9,13H2,1-2H3. The molecular weight excluding hydrogens is 248 g/mol. The molecule has 0 saturated carbocycles. The first-order valence-corrected chi connectivity index (χ1v) is 6.08. The number of rotatable bonds is 8. The van der Waals surface area contributed by atoms with Crippen LogP contribution in [-0.2, 0) is 11.3 Å². The molecule has 0 unspecified atom stereocenters. The fourth-order valence-corrected chi connectivity index (χ4v) is 1.85. The molecule has 3 N–H and O–H groups in total. The molecular formula is C12H20N4O3. The number of hydrogen-bond donors (Lipinski definition) is 2. The molecule has 106 valence electrons. The van der Waals surface area contributed by atoms with Gasteiger partial charge in [0.25, 0.3) is 5.69 Å². The van der Waals surface area contributed by atoms with Gasteiger partial charge in [-0.05, 0) is 12.1 Å². The third kappa shape index (κ3) is 4.16. The van der Waals surface area contributed by atoms with Gasteiger partial charge in [-0.2, -0.15) is 0 Å². The average molecular weight is 268 g/mol. The van der Waals surface area contributed by atoms with Crippen molar-refractivity contribution in [3.8, 4) is 0 Å². The minimum absolute atomic E-state index is 0.0113. The normalized spacial score (nSPS) is 10.7. The molecule has 0 saturated heterocycles. The highest BCUT2D eigenvalue weighted by Crippen LogP contribution is 2.28. The van der Waals surface area contributed by atoms with Gasteiger partial charge in [-0.1, -0.05) is 19.1 Å². The lowest BCUT2D eigenvalue weighted by molar-refractivity contribution is -0.384. The number of nitrogens with two attached hydrogens (primary N) is 1. The van der Waals surface area contributed by atoms with Gasteiger partial charge in [-0.15, -0.1) is 0 Å². The Kier molecular flexibility index (Phi) is 6.20. The molecule has 0 aromatic heterocycles. The Bertz CT molecular complexity index is 425. The molecule has 1 aromatic rings. The van der Waals surface area contributed by atoms with E-state index in [4.69, 9.17) is 10.6 Å². The van der Waals surface area contributed by atoms with Crippen LogP contribution >= 0.6 is 0 Å². The number of nitrogens with zero attached hydrogens (tertiary/aromatic N) is 2. The summed E-state index contributed by atoms with van der Waals surface area (Å²) in [7, 11) is 1.65. The van der Waals surface area contributed by atoms with Gasteiger partial charge in [-0.3, -0.25) is 20.9 Å². The quantitative estimate of drug-likeness (QED) is 0.420. The number of nitrogens with one attached hydrogen (secondary N) is 1. The molecule has 0 aliphatic heterocycles. The molecule has 0 atom stereocenters. The highest BCUT2D eigenvalue weighted by molar-refractivity contribution is 5.65. The van der Waals surface area contributed by atoms with Gasteiger partial charge in [-0.25, -0.2) is 0 Å². The number of hydrogen-bond acceptors (Lipinski definition) is 6. The zero-order valence-electron chi connectivity index (χ0n) is 11.3. The van der Waals surface area contributed by atoms with Gasteiger partial charge < -0.3 is 10.2 Å². The maximum absolute atomic E-state index is 10.9. The maximum Gasteiger partial charge on any atom is 0.293 e. The minimum Gasteiger partial charge on any atom is -0.383 e. The van der Waals surface area contributed by atoms with E-state index >= 15 is 0 Å². The molecule has 0 heterocycles. The van der Waals surface area contributed by atoms with E-state index in [1.807, 2.05) is 13.0 Å². The lowest BCUT2D eigenvalue weighted by Crippen LogP contribution is -2.27. The molecule has 7 heteroatoms. The van der Waals surface area contributed by atoms with Crippen LogP contribution in [0.25, 0.3) is 0 Å². The van der Waals surface area contributed by atoms with Gasteiger partial charge in [0.15, 0.2) is 0 Å². The number of benzene rings is 1. The molecule has 0 spiro atoms. The van der Waals surface area contributed by atoms with Crippen LogP contribution in [0.4, 0.5) is 11.4 Å². The second-order valence-electron chi connectivity index (χ2n) is 4.07. The summed E-state index contributed by atoms with van der Waals surface area (Å²) in [5.74, 6) is 5.41. The van der Waals surface area contributed by atoms with Gasteiger partial charge in [0.05, 0.1) is 11.5 Å². The number of nitro groups is 1. The molecule has 1 rings (SSSR count). The first-order chi connectivity index (χ1) is 9.13. The highest BCUT2D eigenvalue weighted by Gasteiger charge is 2.17. The third-order valence-corrected chi connectivity index (χ3v) is 2.92. The number of para-hydroxylation sites is 1. The summed E-state index contributed by atoms with van der Waals surface area (Å²) >= 11 is 0. The molecule has 0 radical (unpaired) electrons. The predicted molar refractivity (Wildman–Crippen MR) is 73.7 cm³/mol. The number of ether oxygens (including phenoxy) is 1. The fraction of sp³-hybridized carbons (Fsp3) is 0.500. The summed E-state index contributed by atoms with van der Waals surface area (Å²) in [5.41, 5.74) is 3.59. The second-order valence-corrected chi connectivity index (χ2v) is 4.07. The third-order valence-electron chi connectivity index (χ3n) is 2.92. The SMILES string of the molecule is CCN(CCOC)Cc1cccc([N+](=O)[O-])c1NN. The van der Waals surface area contributed by atoms with Crippen LogP contribution in [-0.4, -0.2) is 36.6 Å². The molecule has 0 bridgehead atoms. The molecule has 19 heavy (non-hydrogen) atoms. The van der Waals surface area contributed by atoms with Crippen LogP contribution in [0.15, 0.2) is 18.2 Å². The zero-order valence-corrected chi connectivity index (χ0v) is 11.3. The summed E-state index contributed by atoms with van der Waals surface area (Å²) in [6.45, 7) is 4.83. The van der Waals surface area contributed by atoms with E-state index in [9.17, 15) is 10.1 Å². The van der Waals surface area contributed by atoms with Crippen LogP contribution in [0.2, 0.25) is 0 Å². The lowest BCUT2D eigenvalue weighted by Gasteiger charge is -2.21. The first-order valence-electron chi connectivity index (χ1n) is 6.08. The average Bonchev–Trinajstić information content (AvgIpc) is 2.42. The van der Waals surface area contributed by atoms with Crippen LogP contribution in [0, 0.1) is 10.1 Å². The van der Waals surface area contributed by atoms with E-state index in [1.165, 1.54) is 6.07 Å². The summed E-state index contributed by atoms with van der Waals surface area (Å²) in [6.07, 6.45) is 0. The zero-order chi connectivity index (χ0) is 14.3. The number of likely N-dealkylation sites (N-methyl/N-ethyl adjacent to an activating group) is 1. The van der Waals surface area contributed by atoms with E-state index in [-0.39, 0.29) is 5.69 Å². The highest BCUT2D eigenvalue weighted by atomic mass is 16.6. The Morgan fingerprint density at radius 1 is 1.53 bits per heavy atom. The monoisotopic (exact) mass is 268 g/mol. The summed E-state index contributed by atoms with van der Waals surface area (Å²) < 4.78 is 5.04. The van der Waals surface area contributed by atoms with Gasteiger partial charge in [0.1, 0.15) is 5.69 Å². The van der Waals surface area contributed by atoms with Crippen molar-refractivity contribution in [1.29, 1.82) is 0 Å². The van der Waals surface area contributed by atoms with Crippen molar-refractivity contribution in [2.45, 2.75) is 13.5 Å². The van der Waals surface area contributed by atoms with Crippen LogP contribution in [0.1, 0.15) is 12.5 Å². The Balaban J connectivity index is 2.93. The van der Waals surface area contributed by atoms with E-state index in [0.717, 1.165) is 18.7 Å². The molecule has 0 aliphatic rings. The minimum atomic E-state index is -0.440. The van der Waals surface area contributed by atoms with Crippen molar-refractivity contribution in [1.82, 2.24) is 4.90 Å². The topological polar surface area (TPSA) is 93.7 Å². The Morgan fingerprint density at radius 2 is 2.26 bits per heavy atom. The van der Waals surface area contributed by atoms with Crippen molar-refractivity contribution in [3.05, 3.63) is 33.9 Å². The molecule has 0 aliphatic carbocycles. The number of hydrazine groups is 1. The first kappa shape index (κ1) is 15.4. The smallest absolute Gasteiger partial charge is 0.293 e. The number of nitro benzene ring substituents is 1. The fourth-order valence-electron chi connectivity index (χ4n) is 1.85. The van der Waals surface area contributed by atoms with Gasteiger partial charge >= 0.3 is 0 Å². The van der Waals surface area contributed by atoms with Crippen molar-refractivity contribution in [3.63, 3.8) is 0 Å². The van der Waals surface area contributed by atoms with Crippen molar-refractivity contribution in [2.24, 2.45) is 5.84 Å². The number of nitrogen functional groups attached to an aromatic ring is 1. The Labute approximate surface area is 112 Å². The number of methoxy groups -OCH3 is 1. The lowest BCUT2D eigenvalue weighted by atomic mass is 10.1. The molecule has 1 aromatic carbocycles. The van der Waals surface area contributed by atoms with Crippen LogP contribution in [0.5, 0.6) is 0 Å². The summed E-state index contributed by atoms with van der Waals surface area (Å²) in [6, 6.07) is 4.93. The summed E-state index contributed by atoms with van der Waals surface area (Å²) in [5, 5.41) is 10.9. The van der Waals surface area contributed by atoms with E-state index in [1.54, 1.807) is 13.2 Å². The van der Waals surface area contributed by atoms with Crippen molar-refractivity contribution >= 4 is 11.4 Å². The number of anilines is 1. The molecule has 7 nitrogen and oxygen atoms in total. The van der Waals surface area contributed by atoms with Gasteiger partial charge in [0.2, 0.25) is 0 Å². The Hall–Kier alpha value is -1.70. The van der Waals surface area contributed by atoms with Crippen molar-refractivity contribution < 1.29 is 9.66 Å². The summed E-state index contributed by atoms with van der Waals surface area (Å²) in [4.78, 5) is 12.6. The molecule has 0 fully saturated rings. The predicted octanol–water partition coefficient (Wildman–Crippen LogP) is 1.35. The van der Waals surface area contributed by atoms with E-state index in [0.29, 0.717) is 18.8 Å². The van der Waals surface area contributed by atoms with Crippen LogP contribution < -0.4 is 11.3 Å². The van der Waals surface area contributed by atoms with E-state index < -0.39 is 4.92 Å². The second kappa shape index (κ2) is 7.67. The van der Waals surface area contributed by atoms with Crippen molar-refractivity contribution in [2.75, 3.05) is 32.2 Å². The molecule has 0 amide bonds. The maximum atomic E-state index is 10.9. The van der Waals surface area contributed by atoms with Gasteiger partial charge in [0, 0.05) is 26.3 Å². The van der Waals surface area contributed by atoms with E-state index in [2.05, 4.69) is 10.3 Å². The largest absolute Gasteiger partial charge is 0.383 e.